The molecule has 5 heteroatoms. The minimum absolute atomic E-state index is 0.557. The van der Waals surface area contributed by atoms with Gasteiger partial charge >= 0.3 is 0 Å². The molecule has 0 bridgehead atoms. The van der Waals surface area contributed by atoms with E-state index in [4.69, 9.17) is 23.7 Å². The molecular formula is C31H35O5. The van der Waals surface area contributed by atoms with E-state index in [1.807, 2.05) is 24.3 Å². The molecule has 0 aliphatic rings. The molecule has 0 saturated carbocycles. The fourth-order valence-corrected chi connectivity index (χ4v) is 4.42. The van der Waals surface area contributed by atoms with Crippen molar-refractivity contribution in [3.05, 3.63) is 54.6 Å². The van der Waals surface area contributed by atoms with Crippen molar-refractivity contribution in [2.75, 3.05) is 34.5 Å². The highest BCUT2D eigenvalue weighted by molar-refractivity contribution is 6.10. The maximum atomic E-state index is 6.33. The highest BCUT2D eigenvalue weighted by Gasteiger charge is 2.21. The summed E-state index contributed by atoms with van der Waals surface area (Å²) in [6.45, 7) is 5.62. The molecule has 5 nitrogen and oxygen atoms in total. The van der Waals surface area contributed by atoms with Gasteiger partial charge in [0, 0.05) is 17.0 Å². The Balaban J connectivity index is 1.99. The van der Waals surface area contributed by atoms with E-state index in [1.54, 1.807) is 21.3 Å². The van der Waals surface area contributed by atoms with Crippen LogP contribution in [0.3, 0.4) is 0 Å². The summed E-state index contributed by atoms with van der Waals surface area (Å²) in [4.78, 5) is 0. The predicted octanol–water partition coefficient (Wildman–Crippen LogP) is 7.84. The number of rotatable bonds is 12. The van der Waals surface area contributed by atoms with Gasteiger partial charge in [0.1, 0.15) is 5.75 Å². The van der Waals surface area contributed by atoms with Gasteiger partial charge < -0.3 is 23.7 Å². The number of unbranched alkanes of at least 4 members (excludes halogenated alkanes) is 2. The van der Waals surface area contributed by atoms with E-state index >= 15 is 0 Å². The fourth-order valence-electron chi connectivity index (χ4n) is 4.42. The molecule has 0 aliphatic heterocycles. The summed E-state index contributed by atoms with van der Waals surface area (Å²) in [6, 6.07) is 19.6. The van der Waals surface area contributed by atoms with Crippen molar-refractivity contribution in [2.24, 2.45) is 0 Å². The number of hydrogen-bond acceptors (Lipinski definition) is 5. The normalized spacial score (nSPS) is 11.0. The highest BCUT2D eigenvalue weighted by Crippen LogP contribution is 2.48. The van der Waals surface area contributed by atoms with Crippen LogP contribution in [0.15, 0.2) is 48.5 Å². The number of fused-ring (bicyclic) bond motifs is 2. The van der Waals surface area contributed by atoms with Crippen LogP contribution in [-0.4, -0.2) is 34.5 Å². The van der Waals surface area contributed by atoms with Crippen molar-refractivity contribution in [1.82, 2.24) is 0 Å². The van der Waals surface area contributed by atoms with Gasteiger partial charge in [-0.1, -0.05) is 44.9 Å². The first-order chi connectivity index (χ1) is 17.7. The molecule has 0 N–H and O–H groups in total. The summed E-state index contributed by atoms with van der Waals surface area (Å²) in [7, 11) is 4.96. The summed E-state index contributed by atoms with van der Waals surface area (Å²) in [5, 5.41) is 3.93. The van der Waals surface area contributed by atoms with Crippen molar-refractivity contribution in [3.63, 3.8) is 0 Å². The van der Waals surface area contributed by atoms with Crippen molar-refractivity contribution >= 4 is 21.5 Å². The van der Waals surface area contributed by atoms with Gasteiger partial charge in [-0.2, -0.15) is 0 Å². The Morgan fingerprint density at radius 2 is 1.47 bits per heavy atom. The first-order valence-corrected chi connectivity index (χ1v) is 12.6. The lowest BCUT2D eigenvalue weighted by Crippen LogP contribution is -2.03. The lowest BCUT2D eigenvalue weighted by atomic mass is 9.92. The summed E-state index contributed by atoms with van der Waals surface area (Å²) < 4.78 is 29.6. The molecule has 0 spiro atoms. The fraction of sp³-hybridized carbons (Fsp3) is 0.355. The van der Waals surface area contributed by atoms with Gasteiger partial charge in [0.2, 0.25) is 0 Å². The van der Waals surface area contributed by atoms with E-state index in [0.29, 0.717) is 24.7 Å². The first-order valence-electron chi connectivity index (χ1n) is 12.6. The lowest BCUT2D eigenvalue weighted by molar-refractivity contribution is 0.264. The van der Waals surface area contributed by atoms with E-state index in [0.717, 1.165) is 75.6 Å². The maximum Gasteiger partial charge on any atom is 0.169 e. The smallest absolute Gasteiger partial charge is 0.169 e. The Labute approximate surface area is 213 Å². The van der Waals surface area contributed by atoms with E-state index in [2.05, 4.69) is 44.2 Å². The van der Waals surface area contributed by atoms with Crippen molar-refractivity contribution in [2.45, 2.75) is 39.5 Å². The molecule has 0 aromatic heterocycles. The molecule has 4 rings (SSSR count). The van der Waals surface area contributed by atoms with Gasteiger partial charge in [0.25, 0.3) is 0 Å². The van der Waals surface area contributed by atoms with Crippen LogP contribution in [0.2, 0.25) is 0 Å². The summed E-state index contributed by atoms with van der Waals surface area (Å²) >= 11 is 0. The second kappa shape index (κ2) is 11.9. The van der Waals surface area contributed by atoms with Crippen LogP contribution in [0.4, 0.5) is 0 Å². The van der Waals surface area contributed by atoms with Crippen LogP contribution in [0.25, 0.3) is 32.7 Å². The SMILES string of the molecule is CCCCOc1ccc2c(-c3c(OC)c(OC)[c]c4ccc(OC)cc34)cccc2c1OCCCC. The van der Waals surface area contributed by atoms with Crippen LogP contribution in [0.1, 0.15) is 39.5 Å². The molecule has 0 saturated heterocycles. The number of benzene rings is 4. The average Bonchev–Trinajstić information content (AvgIpc) is 2.92. The van der Waals surface area contributed by atoms with Crippen molar-refractivity contribution < 1.29 is 23.7 Å². The van der Waals surface area contributed by atoms with Gasteiger partial charge in [0.15, 0.2) is 23.0 Å². The maximum absolute atomic E-state index is 6.33. The standard InChI is InChI=1S/C31H35O5/c1-6-8-17-35-27-16-15-23-24(11-10-12-25(23)30(27)36-18-9-7-2)29-26-20-22(32-3)14-13-21(26)19-28(33-4)31(29)34-5/h10-16,20H,6-9,17-18H2,1-5H3. The second-order valence-electron chi connectivity index (χ2n) is 8.68. The van der Waals surface area contributed by atoms with Gasteiger partial charge in [0.05, 0.1) is 34.5 Å². The number of methoxy groups -OCH3 is 3. The van der Waals surface area contributed by atoms with E-state index < -0.39 is 0 Å². The van der Waals surface area contributed by atoms with E-state index in [9.17, 15) is 0 Å². The molecule has 4 aromatic carbocycles. The minimum atomic E-state index is 0.557. The molecule has 0 unspecified atom stereocenters. The second-order valence-corrected chi connectivity index (χ2v) is 8.68. The summed E-state index contributed by atoms with van der Waals surface area (Å²) in [6.07, 6.45) is 4.12. The summed E-state index contributed by atoms with van der Waals surface area (Å²) in [5.41, 5.74) is 1.93. The average molecular weight is 488 g/mol. The number of ether oxygens (including phenoxy) is 5. The van der Waals surface area contributed by atoms with Gasteiger partial charge in [-0.05, 0) is 64.9 Å². The van der Waals surface area contributed by atoms with Crippen LogP contribution in [0.5, 0.6) is 28.7 Å². The highest BCUT2D eigenvalue weighted by atomic mass is 16.5. The van der Waals surface area contributed by atoms with Crippen LogP contribution < -0.4 is 23.7 Å². The third-order valence-corrected chi connectivity index (χ3v) is 6.33. The van der Waals surface area contributed by atoms with Crippen molar-refractivity contribution in [3.8, 4) is 39.9 Å². The summed E-state index contributed by atoms with van der Waals surface area (Å²) in [5.74, 6) is 3.51. The Bertz CT molecular complexity index is 1330. The third kappa shape index (κ3) is 5.01. The Morgan fingerprint density at radius 1 is 0.694 bits per heavy atom. The molecular weight excluding hydrogens is 452 g/mol. The zero-order chi connectivity index (χ0) is 25.5. The quantitative estimate of drug-likeness (QED) is 0.190. The molecule has 0 aliphatic carbocycles. The zero-order valence-corrected chi connectivity index (χ0v) is 21.9. The molecule has 1 radical (unpaired) electrons. The van der Waals surface area contributed by atoms with E-state index in [1.165, 1.54) is 0 Å². The lowest BCUT2D eigenvalue weighted by Gasteiger charge is -2.20. The van der Waals surface area contributed by atoms with E-state index in [-0.39, 0.29) is 0 Å². The predicted molar refractivity (Wildman–Crippen MR) is 146 cm³/mol. The third-order valence-electron chi connectivity index (χ3n) is 6.33. The minimum Gasteiger partial charge on any atom is -0.497 e. The monoisotopic (exact) mass is 487 g/mol. The molecule has 189 valence electrons. The molecule has 0 fully saturated rings. The Hall–Kier alpha value is -3.60. The zero-order valence-electron chi connectivity index (χ0n) is 21.9. The Kier molecular flexibility index (Phi) is 8.42. The van der Waals surface area contributed by atoms with Gasteiger partial charge in [-0.15, -0.1) is 0 Å². The van der Waals surface area contributed by atoms with Gasteiger partial charge in [-0.3, -0.25) is 0 Å². The first kappa shape index (κ1) is 25.5. The van der Waals surface area contributed by atoms with Crippen LogP contribution in [-0.2, 0) is 0 Å². The molecule has 0 atom stereocenters. The topological polar surface area (TPSA) is 46.2 Å². The van der Waals surface area contributed by atoms with Crippen molar-refractivity contribution in [1.29, 1.82) is 0 Å². The van der Waals surface area contributed by atoms with Gasteiger partial charge in [-0.25, -0.2) is 0 Å². The number of hydrogen-bond donors (Lipinski definition) is 0. The largest absolute Gasteiger partial charge is 0.497 e. The van der Waals surface area contributed by atoms with Crippen LogP contribution >= 0.6 is 0 Å². The molecule has 0 heterocycles. The molecule has 0 amide bonds. The van der Waals surface area contributed by atoms with Crippen LogP contribution in [0, 0.1) is 6.07 Å². The molecule has 36 heavy (non-hydrogen) atoms. The Morgan fingerprint density at radius 3 is 2.17 bits per heavy atom. The molecule has 4 aromatic rings.